The molecule has 0 bridgehead atoms. The largest absolute Gasteiger partial charge is 0.310 e. The van der Waals surface area contributed by atoms with E-state index < -0.39 is 0 Å². The molecule has 0 aliphatic rings. The van der Waals surface area contributed by atoms with Crippen LogP contribution in [0.5, 0.6) is 0 Å². The lowest BCUT2D eigenvalue weighted by Crippen LogP contribution is -1.97. The number of hydrogen-bond donors (Lipinski definition) is 0. The summed E-state index contributed by atoms with van der Waals surface area (Å²) < 4.78 is 2.02. The molecule has 21 heavy (non-hydrogen) atoms. The maximum Gasteiger partial charge on any atom is 0.161 e. The molecule has 3 aromatic rings. The molecule has 0 spiro atoms. The predicted octanol–water partition coefficient (Wildman–Crippen LogP) is 3.86. The molecule has 0 aromatic carbocycles. The Kier molecular flexibility index (Phi) is 4.17. The van der Waals surface area contributed by atoms with Gasteiger partial charge in [0, 0.05) is 29.2 Å². The Morgan fingerprint density at radius 1 is 1.29 bits per heavy atom. The molecular formula is C15H16N4S2. The van der Waals surface area contributed by atoms with Crippen molar-refractivity contribution in [2.24, 2.45) is 7.05 Å². The number of aromatic nitrogens is 4. The monoisotopic (exact) mass is 316 g/mol. The quantitative estimate of drug-likeness (QED) is 0.684. The molecule has 0 saturated carbocycles. The van der Waals surface area contributed by atoms with E-state index in [-0.39, 0.29) is 0 Å². The summed E-state index contributed by atoms with van der Waals surface area (Å²) in [5.41, 5.74) is 2.73. The van der Waals surface area contributed by atoms with Crippen molar-refractivity contribution in [3.63, 3.8) is 0 Å². The average Bonchev–Trinajstić information content (AvgIpc) is 2.84. The molecule has 0 amide bonds. The first kappa shape index (κ1) is 14.4. The van der Waals surface area contributed by atoms with Crippen LogP contribution in [0.1, 0.15) is 6.92 Å². The third-order valence-corrected chi connectivity index (χ3v) is 4.83. The molecule has 0 unspecified atom stereocenters. The zero-order valence-corrected chi connectivity index (χ0v) is 13.8. The lowest BCUT2D eigenvalue weighted by molar-refractivity contribution is 0.926. The Morgan fingerprint density at radius 2 is 2.14 bits per heavy atom. The minimum Gasteiger partial charge on any atom is -0.310 e. The first-order valence-corrected chi connectivity index (χ1v) is 8.90. The third kappa shape index (κ3) is 2.65. The Balaban J connectivity index is 2.19. The molecule has 0 N–H and O–H groups in total. The van der Waals surface area contributed by atoms with Crippen molar-refractivity contribution in [3.05, 3.63) is 30.6 Å². The molecule has 0 aliphatic carbocycles. The summed E-state index contributed by atoms with van der Waals surface area (Å²) in [5.74, 6) is 1.88. The van der Waals surface area contributed by atoms with Crippen LogP contribution in [0, 0.1) is 0 Å². The van der Waals surface area contributed by atoms with Gasteiger partial charge in [-0.05, 0) is 30.2 Å². The highest BCUT2D eigenvalue weighted by Gasteiger charge is 2.15. The zero-order chi connectivity index (χ0) is 14.8. The van der Waals surface area contributed by atoms with E-state index in [1.807, 2.05) is 36.3 Å². The highest BCUT2D eigenvalue weighted by Crippen LogP contribution is 2.30. The second kappa shape index (κ2) is 6.07. The van der Waals surface area contributed by atoms with Gasteiger partial charge < -0.3 is 4.57 Å². The lowest BCUT2D eigenvalue weighted by atomic mass is 10.3. The van der Waals surface area contributed by atoms with E-state index in [0.717, 1.165) is 38.2 Å². The summed E-state index contributed by atoms with van der Waals surface area (Å²) in [6.45, 7) is 2.14. The van der Waals surface area contributed by atoms with Crippen LogP contribution in [0.2, 0.25) is 0 Å². The number of fused-ring (bicyclic) bond motifs is 1. The summed E-state index contributed by atoms with van der Waals surface area (Å²) in [4.78, 5) is 16.1. The molecule has 3 heterocycles. The first-order chi connectivity index (χ1) is 10.2. The van der Waals surface area contributed by atoms with E-state index in [2.05, 4.69) is 29.0 Å². The molecule has 3 rings (SSSR count). The highest BCUT2D eigenvalue weighted by atomic mass is 32.2. The van der Waals surface area contributed by atoms with Crippen LogP contribution in [0.25, 0.3) is 22.7 Å². The van der Waals surface area contributed by atoms with Gasteiger partial charge in [0.15, 0.2) is 11.5 Å². The smallest absolute Gasteiger partial charge is 0.161 e. The van der Waals surface area contributed by atoms with Gasteiger partial charge in [0.2, 0.25) is 0 Å². The van der Waals surface area contributed by atoms with E-state index in [0.29, 0.717) is 0 Å². The van der Waals surface area contributed by atoms with Crippen LogP contribution in [-0.2, 0) is 7.05 Å². The number of nitrogens with zero attached hydrogens (tertiary/aromatic N) is 4. The fourth-order valence-electron chi connectivity index (χ4n) is 2.21. The van der Waals surface area contributed by atoms with Crippen molar-refractivity contribution in [2.45, 2.75) is 16.7 Å². The molecule has 0 aliphatic heterocycles. The summed E-state index contributed by atoms with van der Waals surface area (Å²) in [6.07, 6.45) is 5.75. The van der Waals surface area contributed by atoms with Crippen molar-refractivity contribution < 1.29 is 0 Å². The zero-order valence-electron chi connectivity index (χ0n) is 12.2. The Morgan fingerprint density at radius 3 is 2.90 bits per heavy atom. The maximum atomic E-state index is 4.75. The summed E-state index contributed by atoms with van der Waals surface area (Å²) in [5, 5.41) is 0. The van der Waals surface area contributed by atoms with Crippen molar-refractivity contribution in [1.29, 1.82) is 0 Å². The number of aryl methyl sites for hydroxylation is 1. The van der Waals surface area contributed by atoms with Crippen LogP contribution in [0.4, 0.5) is 0 Å². The van der Waals surface area contributed by atoms with Crippen LogP contribution < -0.4 is 0 Å². The first-order valence-electron chi connectivity index (χ1n) is 6.69. The molecule has 0 radical (unpaired) electrons. The van der Waals surface area contributed by atoms with Crippen LogP contribution >= 0.6 is 23.5 Å². The predicted molar refractivity (Wildman–Crippen MR) is 89.9 cm³/mol. The van der Waals surface area contributed by atoms with E-state index in [1.165, 1.54) is 0 Å². The number of rotatable bonds is 4. The van der Waals surface area contributed by atoms with Gasteiger partial charge in [0.05, 0.1) is 0 Å². The molecule has 0 saturated heterocycles. The van der Waals surface area contributed by atoms with Crippen LogP contribution in [0.15, 0.2) is 40.4 Å². The second-order valence-electron chi connectivity index (χ2n) is 4.50. The normalized spacial score (nSPS) is 11.2. The Bertz CT molecular complexity index is 782. The minimum absolute atomic E-state index is 0.868. The minimum atomic E-state index is 0.868. The molecule has 0 fully saturated rings. The van der Waals surface area contributed by atoms with Crippen molar-refractivity contribution in [1.82, 2.24) is 19.5 Å². The van der Waals surface area contributed by atoms with Gasteiger partial charge in [-0.1, -0.05) is 6.92 Å². The Labute approximate surface area is 132 Å². The van der Waals surface area contributed by atoms with Gasteiger partial charge >= 0.3 is 0 Å². The number of hydrogen-bond acceptors (Lipinski definition) is 5. The highest BCUT2D eigenvalue weighted by molar-refractivity contribution is 7.99. The van der Waals surface area contributed by atoms with E-state index in [4.69, 9.17) is 4.98 Å². The molecule has 3 aromatic heterocycles. The second-order valence-corrected chi connectivity index (χ2v) is 6.68. The van der Waals surface area contributed by atoms with Gasteiger partial charge in [-0.2, -0.15) is 0 Å². The van der Waals surface area contributed by atoms with Crippen molar-refractivity contribution in [3.8, 4) is 11.5 Å². The van der Waals surface area contributed by atoms with Gasteiger partial charge in [0.1, 0.15) is 11.2 Å². The maximum absolute atomic E-state index is 4.75. The third-order valence-electron chi connectivity index (χ3n) is 3.20. The van der Waals surface area contributed by atoms with E-state index in [1.54, 1.807) is 23.5 Å². The van der Waals surface area contributed by atoms with E-state index in [9.17, 15) is 0 Å². The molecule has 0 atom stereocenters. The summed E-state index contributed by atoms with van der Waals surface area (Å²) in [7, 11) is 1.99. The van der Waals surface area contributed by atoms with Crippen molar-refractivity contribution >= 4 is 34.7 Å². The fraction of sp³-hybridized carbons (Fsp3) is 0.267. The van der Waals surface area contributed by atoms with E-state index >= 15 is 0 Å². The molecule has 6 heteroatoms. The SMILES string of the molecule is CCSc1cccnc1-c1nc2cc(SC)cnc2n1C. The number of pyridine rings is 2. The van der Waals surface area contributed by atoms with Gasteiger partial charge in [-0.15, -0.1) is 23.5 Å². The standard InChI is InChI=1S/C15H16N4S2/c1-4-21-12-6-5-7-16-13(12)15-18-11-8-10(20-3)9-17-14(11)19(15)2/h5-9H,4H2,1-3H3. The molecule has 108 valence electrons. The fourth-order valence-corrected chi connectivity index (χ4v) is 3.37. The summed E-state index contributed by atoms with van der Waals surface area (Å²) >= 11 is 3.46. The number of imidazole rings is 1. The van der Waals surface area contributed by atoms with Gasteiger partial charge in [0.25, 0.3) is 0 Å². The van der Waals surface area contributed by atoms with Crippen LogP contribution in [-0.4, -0.2) is 31.5 Å². The van der Waals surface area contributed by atoms with Gasteiger partial charge in [-0.3, -0.25) is 4.98 Å². The lowest BCUT2D eigenvalue weighted by Gasteiger charge is -2.06. The number of thioether (sulfide) groups is 2. The van der Waals surface area contributed by atoms with Crippen molar-refractivity contribution in [2.75, 3.05) is 12.0 Å². The molecule has 4 nitrogen and oxygen atoms in total. The summed E-state index contributed by atoms with van der Waals surface area (Å²) in [6, 6.07) is 6.14. The van der Waals surface area contributed by atoms with Crippen LogP contribution in [0.3, 0.4) is 0 Å². The Hall–Kier alpha value is -1.53. The molecular weight excluding hydrogens is 300 g/mol. The van der Waals surface area contributed by atoms with Gasteiger partial charge in [-0.25, -0.2) is 9.97 Å². The topological polar surface area (TPSA) is 43.6 Å². The average molecular weight is 316 g/mol.